The van der Waals surface area contributed by atoms with E-state index in [0.29, 0.717) is 6.42 Å². The van der Waals surface area contributed by atoms with Gasteiger partial charge in [0.05, 0.1) is 12.5 Å². The van der Waals surface area contributed by atoms with E-state index >= 15 is 0 Å². The van der Waals surface area contributed by atoms with Gasteiger partial charge in [0.15, 0.2) is 0 Å². The number of imide groups is 1. The first-order valence-electron chi connectivity index (χ1n) is 5.44. The molecule has 1 aliphatic heterocycles. The lowest BCUT2D eigenvalue weighted by Gasteiger charge is -2.35. The fourth-order valence-corrected chi connectivity index (χ4v) is 1.72. The number of ether oxygens (including phenoxy) is 1. The van der Waals surface area contributed by atoms with Crippen LogP contribution < -0.4 is 0 Å². The second-order valence-electron chi connectivity index (χ2n) is 5.19. The van der Waals surface area contributed by atoms with Crippen molar-refractivity contribution < 1.29 is 19.4 Å². The molecule has 16 heavy (non-hydrogen) atoms. The molecule has 0 spiro atoms. The molecule has 5 heteroatoms. The molecular weight excluding hydrogens is 210 g/mol. The largest absolute Gasteiger partial charge is 0.443 e. The Morgan fingerprint density at radius 1 is 1.50 bits per heavy atom. The van der Waals surface area contributed by atoms with Gasteiger partial charge in [-0.1, -0.05) is 0 Å². The van der Waals surface area contributed by atoms with Gasteiger partial charge in [-0.2, -0.15) is 0 Å². The van der Waals surface area contributed by atoms with E-state index in [1.165, 1.54) is 0 Å². The highest BCUT2D eigenvalue weighted by molar-refractivity contribution is 5.93. The van der Waals surface area contributed by atoms with Crippen molar-refractivity contribution in [2.24, 2.45) is 0 Å². The van der Waals surface area contributed by atoms with Crippen LogP contribution in [0.1, 0.15) is 40.5 Å². The Balaban J connectivity index is 2.71. The van der Waals surface area contributed by atoms with Gasteiger partial charge in [0.2, 0.25) is 5.91 Å². The number of amides is 2. The minimum absolute atomic E-state index is 0.0103. The van der Waals surface area contributed by atoms with E-state index in [-0.39, 0.29) is 18.4 Å². The molecule has 0 aromatic carbocycles. The molecule has 1 aliphatic rings. The summed E-state index contributed by atoms with van der Waals surface area (Å²) in [6.07, 6.45) is -0.882. The van der Waals surface area contributed by atoms with Crippen LogP contribution in [0.5, 0.6) is 0 Å². The summed E-state index contributed by atoms with van der Waals surface area (Å²) < 4.78 is 5.14. The summed E-state index contributed by atoms with van der Waals surface area (Å²) in [6, 6.07) is -0.314. The number of aliphatic hydroxyl groups excluding tert-OH is 1. The smallest absolute Gasteiger partial charge is 0.417 e. The van der Waals surface area contributed by atoms with Crippen molar-refractivity contribution in [3.63, 3.8) is 0 Å². The molecule has 0 aromatic rings. The van der Waals surface area contributed by atoms with Crippen LogP contribution in [0.4, 0.5) is 4.79 Å². The van der Waals surface area contributed by atoms with Crippen LogP contribution in [-0.4, -0.2) is 39.8 Å². The number of rotatable bonds is 0. The first-order valence-corrected chi connectivity index (χ1v) is 5.44. The predicted molar refractivity (Wildman–Crippen MR) is 57.8 cm³/mol. The van der Waals surface area contributed by atoms with Crippen molar-refractivity contribution in [2.75, 3.05) is 0 Å². The molecule has 2 amide bonds. The number of likely N-dealkylation sites (tertiary alicyclic amines) is 1. The van der Waals surface area contributed by atoms with Crippen molar-refractivity contribution in [3.05, 3.63) is 0 Å². The zero-order valence-corrected chi connectivity index (χ0v) is 10.2. The quantitative estimate of drug-likeness (QED) is 0.679. The Bertz CT molecular complexity index is 295. The summed E-state index contributed by atoms with van der Waals surface area (Å²) in [4.78, 5) is 24.4. The highest BCUT2D eigenvalue weighted by Crippen LogP contribution is 2.21. The maximum atomic E-state index is 11.7. The van der Waals surface area contributed by atoms with E-state index in [0.717, 1.165) is 4.90 Å². The summed E-state index contributed by atoms with van der Waals surface area (Å²) in [5.41, 5.74) is -0.618. The van der Waals surface area contributed by atoms with Crippen molar-refractivity contribution in [3.8, 4) is 0 Å². The van der Waals surface area contributed by atoms with Gasteiger partial charge in [-0.05, 0) is 34.1 Å². The molecule has 92 valence electrons. The van der Waals surface area contributed by atoms with Gasteiger partial charge in [0, 0.05) is 6.04 Å². The van der Waals surface area contributed by atoms with E-state index in [1.54, 1.807) is 27.7 Å². The standard InChI is InChI=1S/C11H19NO4/c1-7-5-8(13)6-9(14)12(7)10(15)16-11(2,3)4/h7-8,13H,5-6H2,1-4H3. The first kappa shape index (κ1) is 13.0. The van der Waals surface area contributed by atoms with Crippen LogP contribution in [0.3, 0.4) is 0 Å². The van der Waals surface area contributed by atoms with Crippen molar-refractivity contribution in [2.45, 2.75) is 58.3 Å². The Labute approximate surface area is 95.4 Å². The first-order chi connectivity index (χ1) is 7.20. The third-order valence-corrected chi connectivity index (χ3v) is 2.32. The minimum Gasteiger partial charge on any atom is -0.443 e. The molecule has 0 aliphatic carbocycles. The van der Waals surface area contributed by atoms with Crippen LogP contribution in [0, 0.1) is 0 Å². The molecule has 1 fully saturated rings. The van der Waals surface area contributed by atoms with Gasteiger partial charge in [-0.25, -0.2) is 9.69 Å². The van der Waals surface area contributed by atoms with Gasteiger partial charge in [-0.3, -0.25) is 4.79 Å². The molecule has 1 saturated heterocycles. The second-order valence-corrected chi connectivity index (χ2v) is 5.19. The molecule has 1 heterocycles. The summed E-state index contributed by atoms with van der Waals surface area (Å²) in [6.45, 7) is 6.97. The van der Waals surface area contributed by atoms with Gasteiger partial charge < -0.3 is 9.84 Å². The number of hydrogen-bond donors (Lipinski definition) is 1. The van der Waals surface area contributed by atoms with Crippen LogP contribution in [0.25, 0.3) is 0 Å². The van der Waals surface area contributed by atoms with Crippen LogP contribution in [0.15, 0.2) is 0 Å². The number of hydrogen-bond acceptors (Lipinski definition) is 4. The van der Waals surface area contributed by atoms with Crippen molar-refractivity contribution in [1.82, 2.24) is 4.90 Å². The van der Waals surface area contributed by atoms with E-state index in [2.05, 4.69) is 0 Å². The average molecular weight is 229 g/mol. The highest BCUT2D eigenvalue weighted by Gasteiger charge is 2.36. The third kappa shape index (κ3) is 3.20. The molecule has 0 bridgehead atoms. The highest BCUT2D eigenvalue weighted by atomic mass is 16.6. The van der Waals surface area contributed by atoms with Gasteiger partial charge in [0.1, 0.15) is 5.60 Å². The molecule has 2 atom stereocenters. The molecule has 0 aromatic heterocycles. The Kier molecular flexibility index (Phi) is 3.57. The fraction of sp³-hybridized carbons (Fsp3) is 0.818. The molecule has 0 radical (unpaired) electrons. The molecule has 0 saturated carbocycles. The van der Waals surface area contributed by atoms with Gasteiger partial charge in [-0.15, -0.1) is 0 Å². The number of aliphatic hydroxyl groups is 1. The number of carbonyl (C=O) groups excluding carboxylic acids is 2. The minimum atomic E-state index is -0.652. The average Bonchev–Trinajstić information content (AvgIpc) is 1.96. The van der Waals surface area contributed by atoms with Crippen LogP contribution in [0.2, 0.25) is 0 Å². The Hall–Kier alpha value is -1.10. The van der Waals surface area contributed by atoms with Gasteiger partial charge in [0.25, 0.3) is 0 Å². The zero-order chi connectivity index (χ0) is 12.5. The lowest BCUT2D eigenvalue weighted by Crippen LogP contribution is -2.51. The molecular formula is C11H19NO4. The third-order valence-electron chi connectivity index (χ3n) is 2.32. The summed E-state index contributed by atoms with van der Waals surface area (Å²) in [5, 5.41) is 9.38. The van der Waals surface area contributed by atoms with E-state index < -0.39 is 17.8 Å². The maximum Gasteiger partial charge on any atom is 0.417 e. The summed E-state index contributed by atoms with van der Waals surface area (Å²) in [7, 11) is 0. The lowest BCUT2D eigenvalue weighted by atomic mass is 10.0. The SMILES string of the molecule is CC1CC(O)CC(=O)N1C(=O)OC(C)(C)C. The molecule has 2 unspecified atom stereocenters. The summed E-state index contributed by atoms with van der Waals surface area (Å²) >= 11 is 0. The fourth-order valence-electron chi connectivity index (χ4n) is 1.72. The van der Waals surface area contributed by atoms with Crippen LogP contribution >= 0.6 is 0 Å². The predicted octanol–water partition coefficient (Wildman–Crippen LogP) is 1.29. The number of piperidine rings is 1. The Morgan fingerprint density at radius 3 is 2.50 bits per heavy atom. The molecule has 1 N–H and O–H groups in total. The van der Waals surface area contributed by atoms with E-state index in [1.807, 2.05) is 0 Å². The lowest BCUT2D eigenvalue weighted by molar-refractivity contribution is -0.138. The van der Waals surface area contributed by atoms with E-state index in [9.17, 15) is 14.7 Å². The summed E-state index contributed by atoms with van der Waals surface area (Å²) in [5.74, 6) is -0.375. The normalized spacial score (nSPS) is 26.8. The van der Waals surface area contributed by atoms with Crippen LogP contribution in [-0.2, 0) is 9.53 Å². The Morgan fingerprint density at radius 2 is 2.06 bits per heavy atom. The zero-order valence-electron chi connectivity index (χ0n) is 10.2. The number of nitrogens with zero attached hydrogens (tertiary/aromatic N) is 1. The number of carbonyl (C=O) groups is 2. The second kappa shape index (κ2) is 4.41. The topological polar surface area (TPSA) is 66.8 Å². The van der Waals surface area contributed by atoms with Gasteiger partial charge >= 0.3 is 6.09 Å². The monoisotopic (exact) mass is 229 g/mol. The molecule has 1 rings (SSSR count). The van der Waals surface area contributed by atoms with Crippen molar-refractivity contribution >= 4 is 12.0 Å². The molecule has 5 nitrogen and oxygen atoms in total. The maximum absolute atomic E-state index is 11.7. The van der Waals surface area contributed by atoms with Crippen molar-refractivity contribution in [1.29, 1.82) is 0 Å². The van der Waals surface area contributed by atoms with E-state index in [4.69, 9.17) is 4.74 Å².